The zero-order valence-electron chi connectivity index (χ0n) is 16.1. The van der Waals surface area contributed by atoms with E-state index in [-0.39, 0.29) is 5.75 Å². The highest BCUT2D eigenvalue weighted by atomic mass is 19.1. The summed E-state index contributed by atoms with van der Waals surface area (Å²) in [5.41, 5.74) is 6.19. The van der Waals surface area contributed by atoms with Crippen LogP contribution in [0.4, 0.5) is 4.39 Å². The minimum Gasteiger partial charge on any atom is -0.478 e. The molecule has 0 saturated carbocycles. The maximum atomic E-state index is 13.7. The van der Waals surface area contributed by atoms with Crippen LogP contribution in [0.25, 0.3) is 0 Å². The molecule has 0 radical (unpaired) electrons. The average Bonchev–Trinajstić information content (AvgIpc) is 2.77. The summed E-state index contributed by atoms with van der Waals surface area (Å²) in [6, 6.07) is 20.3. The lowest BCUT2D eigenvalue weighted by molar-refractivity contribution is -0.133. The van der Waals surface area contributed by atoms with Crippen molar-refractivity contribution in [2.45, 2.75) is 18.9 Å². The highest BCUT2D eigenvalue weighted by Crippen LogP contribution is 2.43. The van der Waals surface area contributed by atoms with Crippen molar-refractivity contribution in [3.63, 3.8) is 0 Å². The summed E-state index contributed by atoms with van der Waals surface area (Å²) >= 11 is 0. The van der Waals surface area contributed by atoms with Crippen LogP contribution in [0.15, 0.2) is 72.8 Å². The Morgan fingerprint density at radius 1 is 0.900 bits per heavy atom. The zero-order valence-corrected chi connectivity index (χ0v) is 16.1. The fourth-order valence-electron chi connectivity index (χ4n) is 3.27. The molecule has 3 aromatic carbocycles. The number of carbonyl (C=O) groups is 2. The number of rotatable bonds is 4. The van der Waals surface area contributed by atoms with E-state index in [2.05, 4.69) is 10.9 Å². The van der Waals surface area contributed by atoms with Gasteiger partial charge in [-0.2, -0.15) is 0 Å². The molecule has 6 nitrogen and oxygen atoms in total. The number of amides is 2. The molecule has 0 unspecified atom stereocenters. The molecule has 0 fully saturated rings. The van der Waals surface area contributed by atoms with E-state index in [1.807, 2.05) is 24.3 Å². The number of carbonyl (C=O) groups excluding carboxylic acids is 2. The quantitative estimate of drug-likeness (QED) is 0.648. The Hall–Kier alpha value is -3.87. The molecule has 0 aliphatic carbocycles. The summed E-state index contributed by atoms with van der Waals surface area (Å²) in [5, 5.41) is 0. The highest BCUT2D eigenvalue weighted by Gasteiger charge is 2.32. The van der Waals surface area contributed by atoms with Gasteiger partial charge in [0, 0.05) is 11.1 Å². The Balaban J connectivity index is 1.47. The second-order valence-corrected chi connectivity index (χ2v) is 6.78. The number of hydrogen-bond donors (Lipinski definition) is 2. The zero-order chi connectivity index (χ0) is 21.1. The van der Waals surface area contributed by atoms with Crippen molar-refractivity contribution in [3.8, 4) is 17.2 Å². The van der Waals surface area contributed by atoms with Crippen molar-refractivity contribution < 1.29 is 23.5 Å². The molecule has 1 heterocycles. The molecule has 1 aliphatic rings. The number of nitrogens with one attached hydrogen (secondary N) is 2. The van der Waals surface area contributed by atoms with Crippen molar-refractivity contribution >= 4 is 11.8 Å². The molecule has 152 valence electrons. The van der Waals surface area contributed by atoms with Gasteiger partial charge in [0.15, 0.2) is 17.7 Å². The van der Waals surface area contributed by atoms with Gasteiger partial charge in [-0.05, 0) is 31.2 Å². The molecule has 30 heavy (non-hydrogen) atoms. The van der Waals surface area contributed by atoms with Crippen molar-refractivity contribution in [2.75, 3.05) is 0 Å². The minimum absolute atomic E-state index is 0.0428. The molecule has 0 spiro atoms. The van der Waals surface area contributed by atoms with E-state index in [9.17, 15) is 14.0 Å². The fraction of sp³-hybridized carbons (Fsp3) is 0.130. The van der Waals surface area contributed by atoms with E-state index >= 15 is 0 Å². The van der Waals surface area contributed by atoms with Crippen molar-refractivity contribution in [1.82, 2.24) is 10.9 Å². The second-order valence-electron chi connectivity index (χ2n) is 6.78. The van der Waals surface area contributed by atoms with Crippen LogP contribution in [0.2, 0.25) is 0 Å². The van der Waals surface area contributed by atoms with E-state index in [1.54, 1.807) is 30.3 Å². The molecular formula is C23H19FN2O4. The molecule has 2 N–H and O–H groups in total. The van der Waals surface area contributed by atoms with Crippen LogP contribution >= 0.6 is 0 Å². The molecule has 4 rings (SSSR count). The highest BCUT2D eigenvalue weighted by molar-refractivity contribution is 5.91. The Labute approximate surface area is 172 Å². The standard InChI is InChI=1S/C23H19FN2O4/c1-14(29-20-13-7-4-10-17(20)24)22(27)25-26-23(28)21-15-8-2-5-11-18(15)30-19-12-6-3-9-16(19)21/h2-14,21H,1H3,(H,25,27)(H,26,28)/t14-/m1/s1. The summed E-state index contributed by atoms with van der Waals surface area (Å²) in [6.07, 6.45) is -1.02. The minimum atomic E-state index is -1.02. The number of hydrazine groups is 1. The van der Waals surface area contributed by atoms with Gasteiger partial charge in [-0.3, -0.25) is 20.4 Å². The summed E-state index contributed by atoms with van der Waals surface area (Å²) in [7, 11) is 0. The van der Waals surface area contributed by atoms with Gasteiger partial charge in [0.1, 0.15) is 11.5 Å². The van der Waals surface area contributed by atoms with E-state index in [0.717, 1.165) is 0 Å². The maximum absolute atomic E-state index is 13.7. The average molecular weight is 406 g/mol. The number of ether oxygens (including phenoxy) is 2. The van der Waals surface area contributed by atoms with Crippen molar-refractivity contribution in [1.29, 1.82) is 0 Å². The van der Waals surface area contributed by atoms with Crippen LogP contribution in [-0.4, -0.2) is 17.9 Å². The third-order valence-electron chi connectivity index (χ3n) is 4.76. The molecule has 1 aliphatic heterocycles. The molecular weight excluding hydrogens is 387 g/mol. The van der Waals surface area contributed by atoms with Crippen LogP contribution in [0, 0.1) is 5.82 Å². The Morgan fingerprint density at radius 2 is 1.47 bits per heavy atom. The SMILES string of the molecule is C[C@@H](Oc1ccccc1F)C(=O)NNC(=O)C1c2ccccc2Oc2ccccc21. The molecule has 0 aromatic heterocycles. The molecule has 0 saturated heterocycles. The van der Waals surface area contributed by atoms with Gasteiger partial charge < -0.3 is 9.47 Å². The van der Waals surface area contributed by atoms with Crippen LogP contribution < -0.4 is 20.3 Å². The van der Waals surface area contributed by atoms with Gasteiger partial charge in [-0.15, -0.1) is 0 Å². The second kappa shape index (κ2) is 8.24. The van der Waals surface area contributed by atoms with Crippen LogP contribution in [0.3, 0.4) is 0 Å². The first-order chi connectivity index (χ1) is 14.5. The van der Waals surface area contributed by atoms with Gasteiger partial charge in [-0.25, -0.2) is 4.39 Å². The number of benzene rings is 3. The molecule has 2 amide bonds. The summed E-state index contributed by atoms with van der Waals surface area (Å²) in [5.74, 6) is -1.15. The molecule has 3 aromatic rings. The fourth-order valence-corrected chi connectivity index (χ4v) is 3.27. The van der Waals surface area contributed by atoms with Crippen LogP contribution in [0.1, 0.15) is 24.0 Å². The lowest BCUT2D eigenvalue weighted by Gasteiger charge is -2.27. The molecule has 7 heteroatoms. The van der Waals surface area contributed by atoms with Gasteiger partial charge in [0.05, 0.1) is 5.92 Å². The smallest absolute Gasteiger partial charge is 0.279 e. The van der Waals surface area contributed by atoms with Crippen LogP contribution in [0.5, 0.6) is 17.2 Å². The van der Waals surface area contributed by atoms with E-state index in [1.165, 1.54) is 25.1 Å². The predicted octanol–water partition coefficient (Wildman–Crippen LogP) is 3.68. The maximum Gasteiger partial charge on any atom is 0.279 e. The van der Waals surface area contributed by atoms with Crippen LogP contribution in [-0.2, 0) is 9.59 Å². The lowest BCUT2D eigenvalue weighted by atomic mass is 9.87. The Morgan fingerprint density at radius 3 is 2.10 bits per heavy atom. The van der Waals surface area contributed by atoms with Gasteiger partial charge in [0.25, 0.3) is 11.8 Å². The van der Waals surface area contributed by atoms with E-state index in [4.69, 9.17) is 9.47 Å². The third kappa shape index (κ3) is 3.82. The monoisotopic (exact) mass is 406 g/mol. The summed E-state index contributed by atoms with van der Waals surface area (Å²) in [4.78, 5) is 25.3. The first-order valence-electron chi connectivity index (χ1n) is 9.41. The Bertz CT molecular complexity index is 1060. The number of halogens is 1. The summed E-state index contributed by atoms with van der Waals surface area (Å²) < 4.78 is 24.9. The normalized spacial score (nSPS) is 13.3. The number of hydrogen-bond acceptors (Lipinski definition) is 4. The van der Waals surface area contributed by atoms with Crippen molar-refractivity contribution in [2.24, 2.45) is 0 Å². The molecule has 1 atom stereocenters. The van der Waals surface area contributed by atoms with E-state index < -0.39 is 29.7 Å². The number of fused-ring (bicyclic) bond motifs is 2. The van der Waals surface area contributed by atoms with Gasteiger partial charge in [-0.1, -0.05) is 48.5 Å². The van der Waals surface area contributed by atoms with E-state index in [0.29, 0.717) is 22.6 Å². The lowest BCUT2D eigenvalue weighted by Crippen LogP contribution is -2.49. The van der Waals surface area contributed by atoms with Crippen molar-refractivity contribution in [3.05, 3.63) is 89.7 Å². The summed E-state index contributed by atoms with van der Waals surface area (Å²) in [6.45, 7) is 1.47. The largest absolute Gasteiger partial charge is 0.478 e. The first-order valence-corrected chi connectivity index (χ1v) is 9.41. The van der Waals surface area contributed by atoms with Gasteiger partial charge in [0.2, 0.25) is 0 Å². The van der Waals surface area contributed by atoms with Gasteiger partial charge >= 0.3 is 0 Å². The Kier molecular flexibility index (Phi) is 5.34. The molecule has 0 bridgehead atoms. The number of para-hydroxylation sites is 3. The first kappa shape index (κ1) is 19.4. The topological polar surface area (TPSA) is 76.7 Å². The third-order valence-corrected chi connectivity index (χ3v) is 4.76. The predicted molar refractivity (Wildman–Crippen MR) is 108 cm³/mol.